The number of carboxylic acid groups (broad SMARTS) is 1. The van der Waals surface area contributed by atoms with Crippen LogP contribution in [0.1, 0.15) is 11.1 Å². The average molecular weight is 318 g/mol. The van der Waals surface area contributed by atoms with Crippen LogP contribution >= 0.6 is 0 Å². The number of fused-ring (bicyclic) bond motifs is 1. The largest absolute Gasteiger partial charge is 0.544 e. The van der Waals surface area contributed by atoms with E-state index < -0.39 is 5.97 Å². The Hall–Kier alpha value is -3.14. The van der Waals surface area contributed by atoms with Gasteiger partial charge >= 0.3 is 0 Å². The van der Waals surface area contributed by atoms with Crippen molar-refractivity contribution in [3.05, 3.63) is 71.9 Å². The van der Waals surface area contributed by atoms with Gasteiger partial charge in [-0.2, -0.15) is 4.57 Å². The molecule has 0 aliphatic rings. The zero-order chi connectivity index (χ0) is 16.9. The summed E-state index contributed by atoms with van der Waals surface area (Å²) in [6, 6.07) is 17.8. The molecule has 2 aromatic carbocycles. The van der Waals surface area contributed by atoms with E-state index in [2.05, 4.69) is 5.32 Å². The molecule has 0 bridgehead atoms. The van der Waals surface area contributed by atoms with Gasteiger partial charge in [-0.05, 0) is 29.3 Å². The molecule has 0 atom stereocenters. The molecule has 1 aromatic heterocycles. The zero-order valence-corrected chi connectivity index (χ0v) is 13.4. The summed E-state index contributed by atoms with van der Waals surface area (Å²) in [5.41, 5.74) is 4.08. The Morgan fingerprint density at radius 3 is 2.54 bits per heavy atom. The van der Waals surface area contributed by atoms with Gasteiger partial charge in [0.1, 0.15) is 5.97 Å². The molecule has 4 heteroatoms. The second kappa shape index (κ2) is 6.96. The summed E-state index contributed by atoms with van der Waals surface area (Å²) in [7, 11) is 1.89. The normalized spacial score (nSPS) is 11.0. The highest BCUT2D eigenvalue weighted by molar-refractivity contribution is 5.88. The number of aliphatic carboxylic acids is 1. The van der Waals surface area contributed by atoms with Crippen LogP contribution in [0.5, 0.6) is 0 Å². The number of hydrogen-bond donors (Lipinski definition) is 1. The molecule has 0 fully saturated rings. The van der Waals surface area contributed by atoms with Gasteiger partial charge in [0.25, 0.3) is 0 Å². The molecule has 1 N–H and O–H groups in total. The van der Waals surface area contributed by atoms with E-state index >= 15 is 0 Å². The molecule has 0 unspecified atom stereocenters. The molecular formula is C20H18N2O2. The third kappa shape index (κ3) is 3.43. The predicted octanol–water partition coefficient (Wildman–Crippen LogP) is 2.09. The minimum Gasteiger partial charge on any atom is -0.544 e. The van der Waals surface area contributed by atoms with E-state index in [1.165, 1.54) is 0 Å². The Morgan fingerprint density at radius 2 is 1.83 bits per heavy atom. The van der Waals surface area contributed by atoms with E-state index in [9.17, 15) is 9.90 Å². The summed E-state index contributed by atoms with van der Waals surface area (Å²) in [5, 5.41) is 15.0. The molecule has 0 saturated carbocycles. The van der Waals surface area contributed by atoms with Crippen molar-refractivity contribution < 1.29 is 14.5 Å². The Balaban J connectivity index is 1.97. The Bertz CT molecular complexity index is 899. The molecule has 3 rings (SSSR count). The van der Waals surface area contributed by atoms with E-state index in [0.29, 0.717) is 0 Å². The van der Waals surface area contributed by atoms with E-state index in [1.807, 2.05) is 73.8 Å². The van der Waals surface area contributed by atoms with Gasteiger partial charge in [0.15, 0.2) is 12.7 Å². The SMILES string of the molecule is CNc1ccc(/C=C\c2cc[n+](CC(=O)[O-])c3ccccc23)cc1. The fraction of sp³-hybridized carbons (Fsp3) is 0.100. The van der Waals surface area contributed by atoms with Gasteiger partial charge in [0.05, 0.1) is 5.39 Å². The second-order valence-corrected chi connectivity index (χ2v) is 5.49. The molecule has 24 heavy (non-hydrogen) atoms. The Morgan fingerprint density at radius 1 is 1.08 bits per heavy atom. The summed E-state index contributed by atoms with van der Waals surface area (Å²) in [6.07, 6.45) is 5.87. The maximum Gasteiger partial charge on any atom is 0.213 e. The van der Waals surface area contributed by atoms with Crippen LogP contribution in [0.15, 0.2) is 60.8 Å². The number of anilines is 1. The quantitative estimate of drug-likeness (QED) is 0.733. The highest BCUT2D eigenvalue weighted by Crippen LogP contribution is 2.18. The van der Waals surface area contributed by atoms with Crippen molar-refractivity contribution in [2.75, 3.05) is 12.4 Å². The molecule has 0 aliphatic heterocycles. The van der Waals surface area contributed by atoms with Crippen LogP contribution in [-0.2, 0) is 11.3 Å². The lowest BCUT2D eigenvalue weighted by atomic mass is 10.1. The van der Waals surface area contributed by atoms with Crippen molar-refractivity contribution in [1.29, 1.82) is 0 Å². The summed E-state index contributed by atoms with van der Waals surface area (Å²) < 4.78 is 1.68. The molecular weight excluding hydrogens is 300 g/mol. The number of para-hydroxylation sites is 1. The highest BCUT2D eigenvalue weighted by Gasteiger charge is 2.10. The number of carbonyl (C=O) groups excluding carboxylic acids is 1. The summed E-state index contributed by atoms with van der Waals surface area (Å²) in [5.74, 6) is -1.10. The Labute approximate surface area is 140 Å². The lowest BCUT2D eigenvalue weighted by Crippen LogP contribution is -2.44. The summed E-state index contributed by atoms with van der Waals surface area (Å²) in [6.45, 7) is -0.157. The number of carbonyl (C=O) groups is 1. The third-order valence-electron chi connectivity index (χ3n) is 3.91. The molecule has 0 spiro atoms. The van der Waals surface area contributed by atoms with Crippen LogP contribution in [0.25, 0.3) is 23.1 Å². The maximum absolute atomic E-state index is 10.9. The lowest BCUT2D eigenvalue weighted by molar-refractivity contribution is -0.665. The number of nitrogens with one attached hydrogen (secondary N) is 1. The summed E-state index contributed by atoms with van der Waals surface area (Å²) in [4.78, 5) is 10.9. The lowest BCUT2D eigenvalue weighted by Gasteiger charge is -2.05. The van der Waals surface area contributed by atoms with Crippen LogP contribution < -0.4 is 15.0 Å². The number of rotatable bonds is 5. The number of hydrogen-bond acceptors (Lipinski definition) is 3. The molecule has 3 aromatic rings. The fourth-order valence-corrected chi connectivity index (χ4v) is 2.68. The molecule has 120 valence electrons. The van der Waals surface area contributed by atoms with Crippen LogP contribution in [0.2, 0.25) is 0 Å². The number of carboxylic acids is 1. The summed E-state index contributed by atoms with van der Waals surface area (Å²) >= 11 is 0. The van der Waals surface area contributed by atoms with Gasteiger partial charge in [0, 0.05) is 24.9 Å². The van der Waals surface area contributed by atoms with E-state index in [0.717, 1.165) is 27.7 Å². The number of benzene rings is 2. The standard InChI is InChI=1S/C20H18N2O2/c1-21-17-10-7-15(8-11-17)6-9-16-12-13-22(14-20(23)24)19-5-3-2-4-18(16)19/h2-13H,14H2,1H3,(H,23,24). The highest BCUT2D eigenvalue weighted by atomic mass is 16.4. The van der Waals surface area contributed by atoms with Crippen molar-refractivity contribution in [2.24, 2.45) is 0 Å². The first kappa shape index (κ1) is 15.7. The number of pyridine rings is 1. The van der Waals surface area contributed by atoms with Crippen molar-refractivity contribution in [2.45, 2.75) is 6.54 Å². The van der Waals surface area contributed by atoms with Crippen molar-refractivity contribution in [1.82, 2.24) is 0 Å². The number of nitrogens with zero attached hydrogens (tertiary/aromatic N) is 1. The van der Waals surface area contributed by atoms with Gasteiger partial charge < -0.3 is 15.2 Å². The van der Waals surface area contributed by atoms with Gasteiger partial charge in [-0.25, -0.2) is 0 Å². The van der Waals surface area contributed by atoms with Crippen molar-refractivity contribution >= 4 is 34.7 Å². The Kier molecular flexibility index (Phi) is 4.57. The third-order valence-corrected chi connectivity index (χ3v) is 3.91. The molecule has 0 amide bonds. The van der Waals surface area contributed by atoms with Gasteiger partial charge in [0.2, 0.25) is 5.52 Å². The first-order valence-electron chi connectivity index (χ1n) is 7.74. The molecule has 1 heterocycles. The topological polar surface area (TPSA) is 56.0 Å². The van der Waals surface area contributed by atoms with Crippen LogP contribution in [0, 0.1) is 0 Å². The van der Waals surface area contributed by atoms with Crippen molar-refractivity contribution in [3.8, 4) is 0 Å². The molecule has 0 saturated heterocycles. The maximum atomic E-state index is 10.9. The monoisotopic (exact) mass is 318 g/mol. The average Bonchev–Trinajstić information content (AvgIpc) is 2.61. The van der Waals surface area contributed by atoms with E-state index in [1.54, 1.807) is 10.8 Å². The second-order valence-electron chi connectivity index (χ2n) is 5.49. The van der Waals surface area contributed by atoms with E-state index in [4.69, 9.17) is 0 Å². The van der Waals surface area contributed by atoms with Gasteiger partial charge in [-0.15, -0.1) is 0 Å². The van der Waals surface area contributed by atoms with Gasteiger partial charge in [-0.1, -0.05) is 36.4 Å². The number of aromatic nitrogens is 1. The van der Waals surface area contributed by atoms with E-state index in [-0.39, 0.29) is 6.54 Å². The first-order chi connectivity index (χ1) is 11.7. The van der Waals surface area contributed by atoms with Crippen LogP contribution in [0.4, 0.5) is 5.69 Å². The van der Waals surface area contributed by atoms with Crippen LogP contribution in [0.3, 0.4) is 0 Å². The smallest absolute Gasteiger partial charge is 0.213 e. The van der Waals surface area contributed by atoms with Crippen molar-refractivity contribution in [3.63, 3.8) is 0 Å². The first-order valence-corrected chi connectivity index (χ1v) is 7.74. The molecule has 4 nitrogen and oxygen atoms in total. The minimum atomic E-state index is -1.10. The minimum absolute atomic E-state index is 0.157. The fourth-order valence-electron chi connectivity index (χ4n) is 2.68. The zero-order valence-electron chi connectivity index (χ0n) is 13.4. The predicted molar refractivity (Wildman–Crippen MR) is 94.1 cm³/mol. The van der Waals surface area contributed by atoms with Crippen LogP contribution in [-0.4, -0.2) is 13.0 Å². The van der Waals surface area contributed by atoms with Gasteiger partial charge in [-0.3, -0.25) is 0 Å². The molecule has 0 radical (unpaired) electrons. The molecule has 0 aliphatic carbocycles.